The van der Waals surface area contributed by atoms with Crippen LogP contribution < -0.4 is 10.2 Å². The van der Waals surface area contributed by atoms with Gasteiger partial charge in [-0.15, -0.1) is 0 Å². The number of carbonyl (C=O) groups is 1. The van der Waals surface area contributed by atoms with E-state index in [4.69, 9.17) is 16.3 Å². The highest BCUT2D eigenvalue weighted by molar-refractivity contribution is 6.31. The van der Waals surface area contributed by atoms with Crippen LogP contribution in [0.4, 0.5) is 11.4 Å². The second kappa shape index (κ2) is 8.14. The molecule has 0 aromatic heterocycles. The van der Waals surface area contributed by atoms with Gasteiger partial charge in [-0.2, -0.15) is 0 Å². The molecule has 5 nitrogen and oxygen atoms in total. The predicted molar refractivity (Wildman–Crippen MR) is 101 cm³/mol. The number of benzene rings is 2. The molecule has 2 aromatic rings. The Kier molecular flexibility index (Phi) is 5.68. The van der Waals surface area contributed by atoms with E-state index in [1.165, 1.54) is 0 Å². The van der Waals surface area contributed by atoms with E-state index in [2.05, 4.69) is 10.3 Å². The van der Waals surface area contributed by atoms with E-state index in [9.17, 15) is 4.79 Å². The van der Waals surface area contributed by atoms with E-state index in [0.717, 1.165) is 30.7 Å². The van der Waals surface area contributed by atoms with Gasteiger partial charge in [0.15, 0.2) is 0 Å². The normalized spacial score (nSPS) is 17.4. The Morgan fingerprint density at radius 1 is 1.32 bits per heavy atom. The van der Waals surface area contributed by atoms with Crippen molar-refractivity contribution in [2.75, 3.05) is 25.2 Å². The second-order valence-corrected chi connectivity index (χ2v) is 6.19. The quantitative estimate of drug-likeness (QED) is 0.507. The molecule has 2 aromatic carbocycles. The van der Waals surface area contributed by atoms with Crippen molar-refractivity contribution in [3.05, 3.63) is 59.1 Å². The van der Waals surface area contributed by atoms with Gasteiger partial charge in [-0.3, -0.25) is 14.7 Å². The van der Waals surface area contributed by atoms with Crippen LogP contribution in [-0.2, 0) is 9.53 Å². The fourth-order valence-corrected chi connectivity index (χ4v) is 3.02. The largest absolute Gasteiger partial charge is 0.379 e. The summed E-state index contributed by atoms with van der Waals surface area (Å²) in [4.78, 5) is 17.8. The molecule has 1 N–H and O–H groups in total. The summed E-state index contributed by atoms with van der Waals surface area (Å²) < 4.78 is 5.42. The topological polar surface area (TPSA) is 53.9 Å². The molecule has 0 aliphatic carbocycles. The maximum Gasteiger partial charge on any atom is 0.218 e. The lowest BCUT2D eigenvalue weighted by atomic mass is 10.1. The number of hydrogen-bond donors (Lipinski definition) is 1. The van der Waals surface area contributed by atoms with Gasteiger partial charge < -0.3 is 10.1 Å². The summed E-state index contributed by atoms with van der Waals surface area (Å²) in [5, 5.41) is 3.97. The van der Waals surface area contributed by atoms with Crippen LogP contribution in [0.1, 0.15) is 12.0 Å². The van der Waals surface area contributed by atoms with Crippen molar-refractivity contribution in [1.29, 1.82) is 0 Å². The number of halogens is 1. The third kappa shape index (κ3) is 4.00. The first-order valence-electron chi connectivity index (χ1n) is 8.13. The van der Waals surface area contributed by atoms with Gasteiger partial charge in [-0.25, -0.2) is 0 Å². The first-order chi connectivity index (χ1) is 12.2. The van der Waals surface area contributed by atoms with Crippen molar-refractivity contribution in [3.63, 3.8) is 0 Å². The number of amides is 1. The number of para-hydroxylation sites is 1. The first kappa shape index (κ1) is 17.5. The average Bonchev–Trinajstić information content (AvgIpc) is 3.15. The Labute approximate surface area is 152 Å². The molecule has 0 bridgehead atoms. The summed E-state index contributed by atoms with van der Waals surface area (Å²) in [5.41, 5.74) is 2.26. The zero-order valence-corrected chi connectivity index (χ0v) is 14.7. The maximum absolute atomic E-state index is 11.8. The molecule has 1 heterocycles. The lowest BCUT2D eigenvalue weighted by molar-refractivity contribution is -0.106. The number of amidine groups is 1. The molecule has 0 saturated carbocycles. The summed E-state index contributed by atoms with van der Waals surface area (Å²) in [5.74, 6) is 0.713. The molecule has 1 aliphatic heterocycles. The zero-order chi connectivity index (χ0) is 17.6. The third-order valence-electron chi connectivity index (χ3n) is 4.11. The Balaban J connectivity index is 2.00. The highest BCUT2D eigenvalue weighted by Crippen LogP contribution is 2.30. The van der Waals surface area contributed by atoms with Crippen molar-refractivity contribution in [2.45, 2.75) is 12.5 Å². The molecule has 1 amide bonds. The average molecular weight is 358 g/mol. The molecule has 25 heavy (non-hydrogen) atoms. The molecule has 1 atom stereocenters. The van der Waals surface area contributed by atoms with Crippen LogP contribution in [0, 0.1) is 0 Å². The van der Waals surface area contributed by atoms with Gasteiger partial charge in [-0.1, -0.05) is 29.8 Å². The van der Waals surface area contributed by atoms with Crippen LogP contribution in [0.5, 0.6) is 0 Å². The van der Waals surface area contributed by atoms with Crippen LogP contribution in [0.2, 0.25) is 5.02 Å². The van der Waals surface area contributed by atoms with E-state index in [-0.39, 0.29) is 6.04 Å². The maximum atomic E-state index is 11.8. The van der Waals surface area contributed by atoms with E-state index in [1.807, 2.05) is 36.4 Å². The molecule has 3 rings (SSSR count). The summed E-state index contributed by atoms with van der Waals surface area (Å²) >= 11 is 6.20. The Morgan fingerprint density at radius 2 is 2.12 bits per heavy atom. The molecule has 1 saturated heterocycles. The smallest absolute Gasteiger partial charge is 0.218 e. The number of rotatable bonds is 5. The van der Waals surface area contributed by atoms with Crippen LogP contribution >= 0.6 is 11.6 Å². The van der Waals surface area contributed by atoms with E-state index >= 15 is 0 Å². The van der Waals surface area contributed by atoms with Crippen LogP contribution in [-0.4, -0.2) is 38.5 Å². The molecule has 6 heteroatoms. The van der Waals surface area contributed by atoms with E-state index in [1.54, 1.807) is 24.1 Å². The van der Waals surface area contributed by atoms with Gasteiger partial charge in [-0.05, 0) is 36.8 Å². The minimum absolute atomic E-state index is 0.212. The minimum Gasteiger partial charge on any atom is -0.379 e. The number of nitrogens with zero attached hydrogens (tertiary/aromatic N) is 2. The SMILES string of the molecule is C/N=C(/NC1CCOC1)c1ccc(Cl)cc1N(C=O)c1ccccc1. The number of aliphatic imine (C=N–C) groups is 1. The van der Waals surface area contributed by atoms with Crippen molar-refractivity contribution < 1.29 is 9.53 Å². The van der Waals surface area contributed by atoms with Gasteiger partial charge >= 0.3 is 0 Å². The summed E-state index contributed by atoms with van der Waals surface area (Å²) in [6.07, 6.45) is 1.72. The monoisotopic (exact) mass is 357 g/mol. The van der Waals surface area contributed by atoms with E-state index < -0.39 is 0 Å². The lowest BCUT2D eigenvalue weighted by Crippen LogP contribution is -2.36. The summed E-state index contributed by atoms with van der Waals surface area (Å²) in [6, 6.07) is 15.1. The highest BCUT2D eigenvalue weighted by atomic mass is 35.5. The molecule has 1 unspecified atom stereocenters. The zero-order valence-electron chi connectivity index (χ0n) is 14.0. The van der Waals surface area contributed by atoms with Gasteiger partial charge in [0.25, 0.3) is 0 Å². The van der Waals surface area contributed by atoms with Crippen molar-refractivity contribution in [2.24, 2.45) is 4.99 Å². The van der Waals surface area contributed by atoms with Gasteiger partial charge in [0.2, 0.25) is 6.41 Å². The Morgan fingerprint density at radius 3 is 2.76 bits per heavy atom. The van der Waals surface area contributed by atoms with Crippen molar-refractivity contribution >= 4 is 35.2 Å². The number of nitrogens with one attached hydrogen (secondary N) is 1. The molecule has 0 spiro atoms. The van der Waals surface area contributed by atoms with Crippen LogP contribution in [0.3, 0.4) is 0 Å². The number of hydrogen-bond acceptors (Lipinski definition) is 3. The standard InChI is InChI=1S/C19H20ClN3O2/c1-21-19(22-15-9-10-25-12-15)17-8-7-14(20)11-18(17)23(13-24)16-5-3-2-4-6-16/h2-8,11,13,15H,9-10,12H2,1H3,(H,21,22). The molecule has 0 radical (unpaired) electrons. The Bertz CT molecular complexity index is 759. The molecular weight excluding hydrogens is 338 g/mol. The van der Waals surface area contributed by atoms with Crippen LogP contribution in [0.25, 0.3) is 0 Å². The fraction of sp³-hybridized carbons (Fsp3) is 0.263. The molecular formula is C19H20ClN3O2. The van der Waals surface area contributed by atoms with Gasteiger partial charge in [0, 0.05) is 29.9 Å². The number of carbonyl (C=O) groups excluding carboxylic acids is 1. The second-order valence-electron chi connectivity index (χ2n) is 5.75. The predicted octanol–water partition coefficient (Wildman–Crippen LogP) is 3.39. The Hall–Kier alpha value is -2.37. The molecule has 130 valence electrons. The number of anilines is 2. The summed E-state index contributed by atoms with van der Waals surface area (Å²) in [6.45, 7) is 1.39. The van der Waals surface area contributed by atoms with E-state index in [0.29, 0.717) is 23.2 Å². The van der Waals surface area contributed by atoms with Crippen molar-refractivity contribution in [1.82, 2.24) is 5.32 Å². The lowest BCUT2D eigenvalue weighted by Gasteiger charge is -2.23. The number of ether oxygens (including phenoxy) is 1. The van der Waals surface area contributed by atoms with Crippen LogP contribution in [0.15, 0.2) is 53.5 Å². The fourth-order valence-electron chi connectivity index (χ4n) is 2.85. The van der Waals surface area contributed by atoms with Gasteiger partial charge in [0.1, 0.15) is 5.84 Å². The third-order valence-corrected chi connectivity index (χ3v) is 4.34. The van der Waals surface area contributed by atoms with Crippen molar-refractivity contribution in [3.8, 4) is 0 Å². The molecule has 1 fully saturated rings. The van der Waals surface area contributed by atoms with Gasteiger partial charge in [0.05, 0.1) is 18.3 Å². The minimum atomic E-state index is 0.212. The first-order valence-corrected chi connectivity index (χ1v) is 8.51. The molecule has 1 aliphatic rings. The summed E-state index contributed by atoms with van der Waals surface area (Å²) in [7, 11) is 1.73. The highest BCUT2D eigenvalue weighted by Gasteiger charge is 2.21.